The molecule has 1 unspecified atom stereocenters. The predicted octanol–water partition coefficient (Wildman–Crippen LogP) is 4.41. The Balaban J connectivity index is 1.80. The normalized spacial score (nSPS) is 11.8. The van der Waals surface area contributed by atoms with Crippen LogP contribution < -0.4 is 15.5 Å². The van der Waals surface area contributed by atoms with Gasteiger partial charge < -0.3 is 24.0 Å². The summed E-state index contributed by atoms with van der Waals surface area (Å²) in [4.78, 5) is 47.5. The standard InChI is InChI=1S/C28H23F2NO7/c1-14-8-15(28(35)31-16(13-32)5-7-26(34)37-3)4-6-17(14)27-18-9-20(29)22(33)11-23(18)38-24-12-25(36-2)21(30)10-19(24)27/h4,6,8-13,16H,5,7H2,1-3H3,(H,31,35). The molecule has 1 amide bonds. The number of amides is 1. The lowest BCUT2D eigenvalue weighted by Gasteiger charge is -2.18. The van der Waals surface area contributed by atoms with Crippen LogP contribution in [0.15, 0.2) is 51.7 Å². The van der Waals surface area contributed by atoms with Gasteiger partial charge in [0.05, 0.1) is 20.3 Å². The van der Waals surface area contributed by atoms with Crippen LogP contribution in [-0.2, 0) is 14.3 Å². The number of fused-ring (bicyclic) bond motifs is 2. The zero-order chi connectivity index (χ0) is 27.6. The molecule has 0 saturated heterocycles. The van der Waals surface area contributed by atoms with Crippen molar-refractivity contribution in [1.82, 2.24) is 5.32 Å². The molecule has 0 radical (unpaired) electrons. The maximum atomic E-state index is 14.7. The van der Waals surface area contributed by atoms with Gasteiger partial charge in [0.15, 0.2) is 17.4 Å². The minimum Gasteiger partial charge on any atom is -0.494 e. The Morgan fingerprint density at radius 2 is 1.82 bits per heavy atom. The molecule has 1 heterocycles. The summed E-state index contributed by atoms with van der Waals surface area (Å²) in [5, 5.41) is 2.87. The molecule has 8 nitrogen and oxygen atoms in total. The number of hydrogen-bond acceptors (Lipinski definition) is 7. The molecule has 38 heavy (non-hydrogen) atoms. The van der Waals surface area contributed by atoms with Crippen molar-refractivity contribution in [3.05, 3.63) is 75.4 Å². The van der Waals surface area contributed by atoms with Crippen molar-refractivity contribution >= 4 is 29.1 Å². The van der Waals surface area contributed by atoms with Crippen molar-refractivity contribution in [2.75, 3.05) is 14.2 Å². The smallest absolute Gasteiger partial charge is 0.305 e. The van der Waals surface area contributed by atoms with Crippen molar-refractivity contribution in [3.63, 3.8) is 0 Å². The lowest BCUT2D eigenvalue weighted by Crippen LogP contribution is -2.36. The molecule has 2 aromatic carbocycles. The zero-order valence-electron chi connectivity index (χ0n) is 20.7. The molecular formula is C28H23F2NO7. The fourth-order valence-corrected chi connectivity index (χ4v) is 4.23. The van der Waals surface area contributed by atoms with Gasteiger partial charge in [0.2, 0.25) is 5.43 Å². The van der Waals surface area contributed by atoms with E-state index in [0.29, 0.717) is 28.4 Å². The van der Waals surface area contributed by atoms with Crippen molar-refractivity contribution < 1.29 is 37.1 Å². The number of carbonyl (C=O) groups excluding carboxylic acids is 3. The van der Waals surface area contributed by atoms with E-state index >= 15 is 0 Å². The van der Waals surface area contributed by atoms with Crippen molar-refractivity contribution in [2.24, 2.45) is 0 Å². The second kappa shape index (κ2) is 10.8. The molecule has 2 aliphatic rings. The number of nitrogens with one attached hydrogen (secondary N) is 1. The summed E-state index contributed by atoms with van der Waals surface area (Å²) in [6.07, 6.45) is 0.572. The Hall–Kier alpha value is -4.60. The lowest BCUT2D eigenvalue weighted by atomic mass is 9.90. The van der Waals surface area contributed by atoms with Crippen LogP contribution in [0.2, 0.25) is 0 Å². The van der Waals surface area contributed by atoms with Crippen LogP contribution >= 0.6 is 0 Å². The summed E-state index contributed by atoms with van der Waals surface area (Å²) >= 11 is 0. The number of benzene rings is 3. The quantitative estimate of drug-likeness (QED) is 0.207. The number of carbonyl (C=O) groups is 3. The van der Waals surface area contributed by atoms with E-state index in [1.807, 2.05) is 0 Å². The summed E-state index contributed by atoms with van der Waals surface area (Å²) in [7, 11) is 2.53. The van der Waals surface area contributed by atoms with Gasteiger partial charge in [0.25, 0.3) is 5.91 Å². The maximum absolute atomic E-state index is 14.7. The van der Waals surface area contributed by atoms with Crippen LogP contribution in [-0.4, -0.2) is 38.4 Å². The highest BCUT2D eigenvalue weighted by Crippen LogP contribution is 2.42. The van der Waals surface area contributed by atoms with Gasteiger partial charge in [-0.1, -0.05) is 6.07 Å². The molecule has 4 rings (SSSR count). The molecular weight excluding hydrogens is 500 g/mol. The third-order valence-corrected chi connectivity index (χ3v) is 6.17. The molecule has 2 aromatic rings. The molecule has 0 saturated carbocycles. The van der Waals surface area contributed by atoms with Gasteiger partial charge >= 0.3 is 5.97 Å². The van der Waals surface area contributed by atoms with E-state index < -0.39 is 35.0 Å². The number of aryl methyl sites for hydroxylation is 1. The van der Waals surface area contributed by atoms with Crippen LogP contribution in [0.4, 0.5) is 8.78 Å². The first-order valence-corrected chi connectivity index (χ1v) is 11.5. The molecule has 10 heteroatoms. The number of aldehydes is 1. The van der Waals surface area contributed by atoms with E-state index in [2.05, 4.69) is 10.1 Å². The monoisotopic (exact) mass is 523 g/mol. The maximum Gasteiger partial charge on any atom is 0.305 e. The number of methoxy groups -OCH3 is 2. The Bertz CT molecular complexity index is 1590. The van der Waals surface area contributed by atoms with Gasteiger partial charge in [-0.2, -0.15) is 0 Å². The molecule has 0 spiro atoms. The predicted molar refractivity (Wildman–Crippen MR) is 134 cm³/mol. The topological polar surface area (TPSA) is 112 Å². The molecule has 0 aromatic heterocycles. The van der Waals surface area contributed by atoms with Crippen molar-refractivity contribution in [3.8, 4) is 28.2 Å². The minimum absolute atomic E-state index is 0.0413. The highest BCUT2D eigenvalue weighted by molar-refractivity contribution is 6.04. The molecule has 1 aliphatic heterocycles. The first kappa shape index (κ1) is 26.5. The lowest BCUT2D eigenvalue weighted by molar-refractivity contribution is -0.140. The number of rotatable bonds is 8. The van der Waals surface area contributed by atoms with E-state index in [0.717, 1.165) is 12.1 Å². The molecule has 1 N–H and O–H groups in total. The zero-order valence-corrected chi connectivity index (χ0v) is 20.7. The average molecular weight is 523 g/mol. The fourth-order valence-electron chi connectivity index (χ4n) is 4.23. The van der Waals surface area contributed by atoms with Gasteiger partial charge in [0, 0.05) is 40.6 Å². The highest BCUT2D eigenvalue weighted by atomic mass is 19.1. The number of halogens is 2. The van der Waals surface area contributed by atoms with Crippen molar-refractivity contribution in [1.29, 1.82) is 0 Å². The summed E-state index contributed by atoms with van der Waals surface area (Å²) in [5.74, 6) is -2.70. The van der Waals surface area contributed by atoms with Crippen molar-refractivity contribution in [2.45, 2.75) is 25.8 Å². The Morgan fingerprint density at radius 1 is 1.05 bits per heavy atom. The average Bonchev–Trinajstić information content (AvgIpc) is 2.90. The Morgan fingerprint density at radius 3 is 2.47 bits per heavy atom. The van der Waals surface area contributed by atoms with Gasteiger partial charge in [-0.25, -0.2) is 8.78 Å². The third kappa shape index (κ3) is 5.10. The van der Waals surface area contributed by atoms with E-state index in [-0.39, 0.29) is 41.1 Å². The molecule has 196 valence electrons. The van der Waals surface area contributed by atoms with Crippen LogP contribution in [0.3, 0.4) is 0 Å². The van der Waals surface area contributed by atoms with Crippen LogP contribution in [0, 0.1) is 18.6 Å². The fraction of sp³-hybridized carbons (Fsp3) is 0.214. The molecule has 1 atom stereocenters. The largest absolute Gasteiger partial charge is 0.494 e. The molecule has 0 bridgehead atoms. The molecule has 1 aliphatic carbocycles. The summed E-state index contributed by atoms with van der Waals surface area (Å²) < 4.78 is 44.5. The first-order valence-electron chi connectivity index (χ1n) is 11.5. The molecule has 0 fully saturated rings. The summed E-state index contributed by atoms with van der Waals surface area (Å²) in [6.45, 7) is 1.71. The Kier molecular flexibility index (Phi) is 7.52. The number of hydrogen-bond donors (Lipinski definition) is 1. The van der Waals surface area contributed by atoms with E-state index in [1.54, 1.807) is 19.1 Å². The van der Waals surface area contributed by atoms with E-state index in [9.17, 15) is 28.0 Å². The van der Waals surface area contributed by atoms with Gasteiger partial charge in [-0.05, 0) is 48.7 Å². The summed E-state index contributed by atoms with van der Waals surface area (Å²) in [5.41, 5.74) is 1.32. The highest BCUT2D eigenvalue weighted by Gasteiger charge is 2.23. The van der Waals surface area contributed by atoms with Gasteiger partial charge in [-0.3, -0.25) is 14.4 Å². The third-order valence-electron chi connectivity index (χ3n) is 6.17. The number of ether oxygens (including phenoxy) is 2. The van der Waals surface area contributed by atoms with Crippen LogP contribution in [0.5, 0.6) is 5.75 Å². The summed E-state index contributed by atoms with van der Waals surface area (Å²) in [6, 6.07) is 8.37. The second-order valence-electron chi connectivity index (χ2n) is 8.60. The SMILES string of the molecule is COC(=O)CCC(C=O)NC(=O)c1ccc(-c2c3cc(F)c(=O)cc-3oc3cc(OC)c(F)cc23)c(C)c1. The van der Waals surface area contributed by atoms with Gasteiger partial charge in [-0.15, -0.1) is 0 Å². The Labute approximate surface area is 215 Å². The van der Waals surface area contributed by atoms with Crippen LogP contribution in [0.1, 0.15) is 28.8 Å². The van der Waals surface area contributed by atoms with Crippen LogP contribution in [0.25, 0.3) is 33.4 Å². The second-order valence-corrected chi connectivity index (χ2v) is 8.60. The van der Waals surface area contributed by atoms with E-state index in [4.69, 9.17) is 9.15 Å². The first-order chi connectivity index (χ1) is 18.2. The van der Waals surface area contributed by atoms with E-state index in [1.165, 1.54) is 32.4 Å². The minimum atomic E-state index is -0.997. The van der Waals surface area contributed by atoms with Gasteiger partial charge in [0.1, 0.15) is 17.6 Å². The number of esters is 1.